The molecule has 1 aromatic carbocycles. The van der Waals surface area contributed by atoms with Crippen molar-refractivity contribution in [3.63, 3.8) is 0 Å². The summed E-state index contributed by atoms with van der Waals surface area (Å²) in [6, 6.07) is 10.0. The second-order valence-corrected chi connectivity index (χ2v) is 7.94. The van der Waals surface area contributed by atoms with Gasteiger partial charge in [0, 0.05) is 6.42 Å². The van der Waals surface area contributed by atoms with Gasteiger partial charge in [-0.1, -0.05) is 56.0 Å². The average molecular weight is 403 g/mol. The Labute approximate surface area is 177 Å². The fraction of sp³-hybridized carbons (Fsp3) is 0.640. The molecule has 0 radical (unpaired) electrons. The smallest absolute Gasteiger partial charge is 0.315 e. The molecule has 0 fully saturated rings. The summed E-state index contributed by atoms with van der Waals surface area (Å²) in [6.45, 7) is 12.4. The van der Waals surface area contributed by atoms with Crippen LogP contribution in [-0.2, 0) is 25.6 Å². The van der Waals surface area contributed by atoms with E-state index in [1.165, 1.54) is 0 Å². The molecule has 0 aromatic heterocycles. The highest BCUT2D eigenvalue weighted by Crippen LogP contribution is 2.27. The summed E-state index contributed by atoms with van der Waals surface area (Å²) < 4.78 is 17.5. The zero-order valence-corrected chi connectivity index (χ0v) is 19.0. The molecule has 29 heavy (non-hydrogen) atoms. The summed E-state index contributed by atoms with van der Waals surface area (Å²) in [5, 5.41) is 0. The fourth-order valence-corrected chi connectivity index (χ4v) is 2.70. The van der Waals surface area contributed by atoms with Gasteiger partial charge in [-0.3, -0.25) is 4.79 Å². The molecule has 162 valence electrons. The lowest BCUT2D eigenvalue weighted by atomic mass is 9.86. The molecule has 0 N–H and O–H groups in total. The van der Waals surface area contributed by atoms with Gasteiger partial charge in [-0.25, -0.2) is 0 Å². The first-order valence-corrected chi connectivity index (χ1v) is 10.8. The molecule has 1 rings (SSSR count). The maximum atomic E-state index is 12.5. The summed E-state index contributed by atoms with van der Waals surface area (Å²) in [6.07, 6.45) is 3.26. The summed E-state index contributed by atoms with van der Waals surface area (Å²) in [7, 11) is 0. The Morgan fingerprint density at radius 3 is 2.38 bits per heavy atom. The van der Waals surface area contributed by atoms with E-state index in [4.69, 9.17) is 14.2 Å². The first-order chi connectivity index (χ1) is 13.8. The zero-order valence-electron chi connectivity index (χ0n) is 19.0. The van der Waals surface area contributed by atoms with E-state index in [1.807, 2.05) is 65.0 Å². The highest BCUT2D eigenvalue weighted by Gasteiger charge is 2.39. The van der Waals surface area contributed by atoms with Crippen LogP contribution in [0.5, 0.6) is 0 Å². The average Bonchev–Trinajstić information content (AvgIpc) is 2.71. The van der Waals surface area contributed by atoms with Gasteiger partial charge in [0.2, 0.25) is 0 Å². The van der Waals surface area contributed by atoms with Crippen LogP contribution >= 0.6 is 0 Å². The number of hydrogen-bond acceptors (Lipinski definition) is 4. The lowest BCUT2D eigenvalue weighted by Gasteiger charge is -2.32. The van der Waals surface area contributed by atoms with Crippen molar-refractivity contribution in [1.29, 1.82) is 0 Å². The molecule has 4 nitrogen and oxygen atoms in total. The molecular formula is C25H38O4. The maximum Gasteiger partial charge on any atom is 0.315 e. The number of hydrogen-bond donors (Lipinski definition) is 0. The Morgan fingerprint density at radius 1 is 1.07 bits per heavy atom. The SMILES string of the molecule is CCCCCC#CC(O[C@H](C)[C@H](C)OCc1ccccc1)C(C)(C)C(=O)OCC. The Bertz CT molecular complexity index is 642. The molecule has 4 heteroatoms. The molecule has 0 aliphatic rings. The minimum Gasteiger partial charge on any atom is -0.465 e. The van der Waals surface area contributed by atoms with E-state index in [-0.39, 0.29) is 18.2 Å². The number of carbonyl (C=O) groups excluding carboxylic acids is 1. The van der Waals surface area contributed by atoms with E-state index < -0.39 is 11.5 Å². The molecule has 1 unspecified atom stereocenters. The van der Waals surface area contributed by atoms with Gasteiger partial charge >= 0.3 is 5.97 Å². The third-order valence-electron chi connectivity index (χ3n) is 4.96. The fourth-order valence-electron chi connectivity index (χ4n) is 2.70. The van der Waals surface area contributed by atoms with Gasteiger partial charge in [-0.2, -0.15) is 0 Å². The summed E-state index contributed by atoms with van der Waals surface area (Å²) in [5.74, 6) is 6.10. The van der Waals surface area contributed by atoms with Crippen molar-refractivity contribution in [3.05, 3.63) is 35.9 Å². The molecule has 0 aliphatic heterocycles. The van der Waals surface area contributed by atoms with E-state index >= 15 is 0 Å². The number of esters is 1. The summed E-state index contributed by atoms with van der Waals surface area (Å²) in [4.78, 5) is 12.5. The third kappa shape index (κ3) is 9.02. The first kappa shape index (κ1) is 25.2. The lowest BCUT2D eigenvalue weighted by Crippen LogP contribution is -2.43. The Balaban J connectivity index is 2.78. The van der Waals surface area contributed by atoms with Crippen molar-refractivity contribution in [2.45, 2.75) is 92.1 Å². The van der Waals surface area contributed by atoms with E-state index in [9.17, 15) is 4.79 Å². The minimum atomic E-state index is -0.860. The molecule has 0 spiro atoms. The van der Waals surface area contributed by atoms with Crippen LogP contribution in [-0.4, -0.2) is 30.9 Å². The van der Waals surface area contributed by atoms with Crippen molar-refractivity contribution >= 4 is 5.97 Å². The Hall–Kier alpha value is -1.83. The molecule has 0 bridgehead atoms. The molecular weight excluding hydrogens is 364 g/mol. The Kier molecular flexibility index (Phi) is 11.7. The monoisotopic (exact) mass is 402 g/mol. The van der Waals surface area contributed by atoms with E-state index in [1.54, 1.807) is 0 Å². The molecule has 0 saturated carbocycles. The number of unbranched alkanes of at least 4 members (excludes halogenated alkanes) is 3. The molecule has 0 heterocycles. The van der Waals surface area contributed by atoms with Crippen LogP contribution in [0.4, 0.5) is 0 Å². The van der Waals surface area contributed by atoms with Gasteiger partial charge in [0.25, 0.3) is 0 Å². The normalized spacial score (nSPS) is 14.4. The van der Waals surface area contributed by atoms with Gasteiger partial charge in [0.05, 0.1) is 30.8 Å². The van der Waals surface area contributed by atoms with Gasteiger partial charge in [0.1, 0.15) is 6.10 Å². The van der Waals surface area contributed by atoms with Gasteiger partial charge in [0.15, 0.2) is 0 Å². The minimum absolute atomic E-state index is 0.141. The van der Waals surface area contributed by atoms with Crippen LogP contribution in [0, 0.1) is 17.3 Å². The second-order valence-electron chi connectivity index (χ2n) is 7.94. The number of ether oxygens (including phenoxy) is 3. The van der Waals surface area contributed by atoms with Crippen molar-refractivity contribution < 1.29 is 19.0 Å². The quantitative estimate of drug-likeness (QED) is 0.262. The third-order valence-corrected chi connectivity index (χ3v) is 4.96. The van der Waals surface area contributed by atoms with Crippen molar-refractivity contribution in [3.8, 4) is 11.8 Å². The number of benzene rings is 1. The van der Waals surface area contributed by atoms with Crippen LogP contribution in [0.1, 0.15) is 72.8 Å². The molecule has 0 aliphatic carbocycles. The predicted molar refractivity (Wildman–Crippen MR) is 117 cm³/mol. The highest BCUT2D eigenvalue weighted by atomic mass is 16.6. The van der Waals surface area contributed by atoms with E-state index in [0.29, 0.717) is 13.2 Å². The van der Waals surface area contributed by atoms with Crippen LogP contribution in [0.25, 0.3) is 0 Å². The molecule has 0 saturated heterocycles. The topological polar surface area (TPSA) is 44.8 Å². The summed E-state index contributed by atoms with van der Waals surface area (Å²) in [5.41, 5.74) is 0.256. The number of rotatable bonds is 12. The molecule has 0 amide bonds. The maximum absolute atomic E-state index is 12.5. The van der Waals surface area contributed by atoms with Crippen molar-refractivity contribution in [2.75, 3.05) is 6.61 Å². The lowest BCUT2D eigenvalue weighted by molar-refractivity contribution is -0.165. The van der Waals surface area contributed by atoms with Gasteiger partial charge < -0.3 is 14.2 Å². The Morgan fingerprint density at radius 2 is 1.76 bits per heavy atom. The van der Waals surface area contributed by atoms with Crippen LogP contribution in [0.3, 0.4) is 0 Å². The highest BCUT2D eigenvalue weighted by molar-refractivity contribution is 5.77. The summed E-state index contributed by atoms with van der Waals surface area (Å²) >= 11 is 0. The van der Waals surface area contributed by atoms with Gasteiger partial charge in [-0.15, -0.1) is 5.92 Å². The van der Waals surface area contributed by atoms with E-state index in [2.05, 4.69) is 18.8 Å². The van der Waals surface area contributed by atoms with Crippen LogP contribution in [0.2, 0.25) is 0 Å². The van der Waals surface area contributed by atoms with Crippen LogP contribution < -0.4 is 0 Å². The molecule has 3 atom stereocenters. The van der Waals surface area contributed by atoms with Gasteiger partial charge in [-0.05, 0) is 46.6 Å². The number of carbonyl (C=O) groups is 1. The predicted octanol–water partition coefficient (Wildman–Crippen LogP) is 5.54. The first-order valence-electron chi connectivity index (χ1n) is 10.8. The van der Waals surface area contributed by atoms with Crippen LogP contribution in [0.15, 0.2) is 30.3 Å². The zero-order chi connectivity index (χ0) is 21.7. The second kappa shape index (κ2) is 13.4. The standard InChI is InChI=1S/C25H38O4/c1-7-9-10-11-15-18-23(25(5,6)24(26)27-8-2)29-21(4)20(3)28-19-22-16-13-12-14-17-22/h12-14,16-17,20-21,23H,7-11,19H2,1-6H3/t20-,21+,23?/m0/s1. The van der Waals surface area contributed by atoms with Crippen molar-refractivity contribution in [2.24, 2.45) is 5.41 Å². The van der Waals surface area contributed by atoms with E-state index in [0.717, 1.165) is 31.2 Å². The molecule has 1 aromatic rings. The largest absolute Gasteiger partial charge is 0.465 e. The van der Waals surface area contributed by atoms with Crippen molar-refractivity contribution in [1.82, 2.24) is 0 Å².